The average Bonchev–Trinajstić information content (AvgIpc) is 2.10. The molecule has 1 aliphatic carbocycles. The van der Waals surface area contributed by atoms with Gasteiger partial charge >= 0.3 is 0 Å². The second-order valence-corrected chi connectivity index (χ2v) is 4.00. The van der Waals surface area contributed by atoms with Gasteiger partial charge in [0.15, 0.2) is 0 Å². The van der Waals surface area contributed by atoms with Gasteiger partial charge in [-0.2, -0.15) is 0 Å². The average molecular weight is 177 g/mol. The molecule has 0 aromatic rings. The van der Waals surface area contributed by atoms with E-state index < -0.39 is 0 Å². The number of likely N-dealkylation sites (N-methyl/N-ethyl adjacent to an activating group) is 1. The molecule has 0 bridgehead atoms. The minimum atomic E-state index is 1.08. The predicted molar refractivity (Wildman–Crippen MR) is 58.5 cm³/mol. The second kappa shape index (κ2) is 3.82. The molecule has 13 heavy (non-hydrogen) atoms. The van der Waals surface area contributed by atoms with Crippen LogP contribution in [0, 0.1) is 0 Å². The highest BCUT2D eigenvalue weighted by Crippen LogP contribution is 2.24. The summed E-state index contributed by atoms with van der Waals surface area (Å²) in [6, 6.07) is 0. The Morgan fingerprint density at radius 1 is 1.15 bits per heavy atom. The molecule has 0 radical (unpaired) electrons. The summed E-state index contributed by atoms with van der Waals surface area (Å²) in [6.07, 6.45) is 5.62. The Morgan fingerprint density at radius 2 is 1.77 bits per heavy atom. The topological polar surface area (TPSA) is 3.24 Å². The highest BCUT2D eigenvalue weighted by atomic mass is 15.1. The van der Waals surface area contributed by atoms with E-state index in [0.717, 1.165) is 6.42 Å². The van der Waals surface area contributed by atoms with E-state index in [-0.39, 0.29) is 0 Å². The highest BCUT2D eigenvalue weighted by Gasteiger charge is 2.09. The molecule has 0 heterocycles. The smallest absolute Gasteiger partial charge is 0.0383 e. The molecule has 1 rings (SSSR count). The van der Waals surface area contributed by atoms with Crippen molar-refractivity contribution in [3.63, 3.8) is 0 Å². The molecule has 0 atom stereocenters. The lowest BCUT2D eigenvalue weighted by Gasteiger charge is -2.20. The number of hydrogen-bond acceptors (Lipinski definition) is 1. The van der Waals surface area contributed by atoms with Gasteiger partial charge in [-0.15, -0.1) is 0 Å². The van der Waals surface area contributed by atoms with Crippen LogP contribution in [0.1, 0.15) is 27.2 Å². The molecule has 0 unspecified atom stereocenters. The first-order valence-corrected chi connectivity index (χ1v) is 4.75. The van der Waals surface area contributed by atoms with E-state index in [9.17, 15) is 0 Å². The molecule has 0 spiro atoms. The maximum atomic E-state index is 2.29. The lowest BCUT2D eigenvalue weighted by atomic mass is 10.1. The summed E-state index contributed by atoms with van der Waals surface area (Å²) >= 11 is 0. The summed E-state index contributed by atoms with van der Waals surface area (Å²) in [6.45, 7) is 6.55. The second-order valence-electron chi connectivity index (χ2n) is 4.00. The van der Waals surface area contributed by atoms with Gasteiger partial charge in [-0.05, 0) is 38.3 Å². The number of nitrogens with zero attached hydrogens (tertiary/aromatic N) is 1. The Labute approximate surface area is 81.4 Å². The van der Waals surface area contributed by atoms with Gasteiger partial charge in [0.05, 0.1) is 0 Å². The Bertz CT molecular complexity index is 290. The molecule has 0 amide bonds. The molecule has 0 saturated carbocycles. The number of allylic oxidation sites excluding steroid dienone is 5. The molecule has 0 aromatic carbocycles. The van der Waals surface area contributed by atoms with Crippen LogP contribution in [-0.2, 0) is 0 Å². The Hall–Kier alpha value is -0.980. The van der Waals surface area contributed by atoms with E-state index >= 15 is 0 Å². The molecule has 1 heteroatoms. The molecule has 72 valence electrons. The van der Waals surface area contributed by atoms with Crippen LogP contribution in [0.25, 0.3) is 0 Å². The predicted octanol–water partition coefficient (Wildman–Crippen LogP) is 3.12. The van der Waals surface area contributed by atoms with Crippen molar-refractivity contribution in [3.05, 3.63) is 34.6 Å². The lowest BCUT2D eigenvalue weighted by Crippen LogP contribution is -2.13. The van der Waals surface area contributed by atoms with Gasteiger partial charge in [-0.3, -0.25) is 0 Å². The van der Waals surface area contributed by atoms with E-state index in [1.807, 2.05) is 0 Å². The highest BCUT2D eigenvalue weighted by molar-refractivity contribution is 5.40. The van der Waals surface area contributed by atoms with Crippen molar-refractivity contribution in [2.45, 2.75) is 27.2 Å². The van der Waals surface area contributed by atoms with Gasteiger partial charge in [0, 0.05) is 19.8 Å². The summed E-state index contributed by atoms with van der Waals surface area (Å²) in [5, 5.41) is 0. The minimum absolute atomic E-state index is 1.08. The van der Waals surface area contributed by atoms with Crippen molar-refractivity contribution in [3.8, 4) is 0 Å². The fourth-order valence-electron chi connectivity index (χ4n) is 1.95. The zero-order chi connectivity index (χ0) is 10.0. The molecule has 0 saturated heterocycles. The third-order valence-electron chi connectivity index (χ3n) is 2.40. The lowest BCUT2D eigenvalue weighted by molar-refractivity contribution is 0.514. The van der Waals surface area contributed by atoms with Gasteiger partial charge in [-0.25, -0.2) is 0 Å². The van der Waals surface area contributed by atoms with Gasteiger partial charge < -0.3 is 4.90 Å². The summed E-state index contributed by atoms with van der Waals surface area (Å²) in [4.78, 5) is 2.20. The summed E-state index contributed by atoms with van der Waals surface area (Å²) in [7, 11) is 4.22. The molecule has 0 aromatic heterocycles. The van der Waals surface area contributed by atoms with E-state index in [1.165, 1.54) is 22.4 Å². The molecular formula is C12H19N. The third-order valence-corrected chi connectivity index (χ3v) is 2.40. The van der Waals surface area contributed by atoms with E-state index in [4.69, 9.17) is 0 Å². The fourth-order valence-corrected chi connectivity index (χ4v) is 1.95. The molecule has 0 fully saturated rings. The van der Waals surface area contributed by atoms with Crippen molar-refractivity contribution in [1.29, 1.82) is 0 Å². The summed E-state index contributed by atoms with van der Waals surface area (Å²) < 4.78 is 0. The van der Waals surface area contributed by atoms with Gasteiger partial charge in [0.1, 0.15) is 0 Å². The molecule has 1 nitrogen and oxygen atoms in total. The molecule has 0 aliphatic heterocycles. The first-order chi connectivity index (χ1) is 6.02. The first kappa shape index (κ1) is 10.1. The van der Waals surface area contributed by atoms with Crippen LogP contribution in [0.4, 0.5) is 0 Å². The van der Waals surface area contributed by atoms with E-state index in [1.54, 1.807) is 0 Å². The first-order valence-electron chi connectivity index (χ1n) is 4.75. The van der Waals surface area contributed by atoms with Crippen LogP contribution in [0.5, 0.6) is 0 Å². The van der Waals surface area contributed by atoms with Gasteiger partial charge in [-0.1, -0.05) is 17.7 Å². The quantitative estimate of drug-likeness (QED) is 0.595. The summed E-state index contributed by atoms with van der Waals surface area (Å²) in [5.74, 6) is 0. The molecule has 1 aliphatic rings. The monoisotopic (exact) mass is 177 g/mol. The standard InChI is InChI=1S/C12H19N/c1-9-6-7-10(2)12(13(4)5)11(3)8-9/h6,8H,7H2,1-5H3. The zero-order valence-electron chi connectivity index (χ0n) is 9.31. The van der Waals surface area contributed by atoms with E-state index in [0.29, 0.717) is 0 Å². The van der Waals surface area contributed by atoms with Gasteiger partial charge in [0.25, 0.3) is 0 Å². The fraction of sp³-hybridized carbons (Fsp3) is 0.500. The number of hydrogen-bond donors (Lipinski definition) is 0. The third kappa shape index (κ3) is 2.24. The molecular weight excluding hydrogens is 158 g/mol. The largest absolute Gasteiger partial charge is 0.377 e. The summed E-state index contributed by atoms with van der Waals surface area (Å²) in [5.41, 5.74) is 5.58. The van der Waals surface area contributed by atoms with E-state index in [2.05, 4.69) is 51.9 Å². The zero-order valence-corrected chi connectivity index (χ0v) is 9.31. The Kier molecular flexibility index (Phi) is 2.97. The van der Waals surface area contributed by atoms with Crippen molar-refractivity contribution in [2.24, 2.45) is 0 Å². The normalized spacial score (nSPS) is 17.9. The SMILES string of the molecule is CC1=CCC(C)=C(N(C)C)C(C)=C1. The van der Waals surface area contributed by atoms with Crippen LogP contribution < -0.4 is 0 Å². The van der Waals surface area contributed by atoms with Crippen LogP contribution >= 0.6 is 0 Å². The minimum Gasteiger partial charge on any atom is -0.377 e. The Morgan fingerprint density at radius 3 is 2.31 bits per heavy atom. The van der Waals surface area contributed by atoms with Crippen molar-refractivity contribution in [1.82, 2.24) is 4.90 Å². The van der Waals surface area contributed by atoms with Crippen molar-refractivity contribution < 1.29 is 0 Å². The molecule has 0 N–H and O–H groups in total. The van der Waals surface area contributed by atoms with Gasteiger partial charge in [0.2, 0.25) is 0 Å². The van der Waals surface area contributed by atoms with Crippen molar-refractivity contribution >= 4 is 0 Å². The maximum Gasteiger partial charge on any atom is 0.0383 e. The van der Waals surface area contributed by atoms with Crippen LogP contribution in [0.3, 0.4) is 0 Å². The van der Waals surface area contributed by atoms with Crippen LogP contribution in [0.2, 0.25) is 0 Å². The van der Waals surface area contributed by atoms with Crippen LogP contribution in [0.15, 0.2) is 34.6 Å². The maximum absolute atomic E-state index is 2.29. The van der Waals surface area contributed by atoms with Crippen molar-refractivity contribution in [2.75, 3.05) is 14.1 Å². The number of rotatable bonds is 1. The van der Waals surface area contributed by atoms with Crippen LogP contribution in [-0.4, -0.2) is 19.0 Å². The Balaban J connectivity index is 3.11.